The molecule has 150 valence electrons. The molecule has 0 aromatic heterocycles. The Kier molecular flexibility index (Phi) is 8.55. The van der Waals surface area contributed by atoms with Gasteiger partial charge in [-0.2, -0.15) is 16.5 Å². The average molecular weight is 417 g/mol. The van der Waals surface area contributed by atoms with E-state index < -0.39 is 28.6 Å². The molecule has 1 aliphatic heterocycles. The van der Waals surface area contributed by atoms with Crippen molar-refractivity contribution in [2.24, 2.45) is 0 Å². The number of hydrogen-bond donors (Lipinski definition) is 1. The molecule has 1 atom stereocenters. The Morgan fingerprint density at radius 2 is 1.93 bits per heavy atom. The lowest BCUT2D eigenvalue weighted by molar-refractivity contribution is -0.154. The Morgan fingerprint density at radius 3 is 2.56 bits per heavy atom. The molecule has 2 rings (SSSR count). The third kappa shape index (κ3) is 6.80. The van der Waals surface area contributed by atoms with Crippen molar-refractivity contribution >= 4 is 33.7 Å². The number of thioether (sulfide) groups is 1. The van der Waals surface area contributed by atoms with E-state index in [1.165, 1.54) is 23.9 Å². The molecule has 0 unspecified atom stereocenters. The summed E-state index contributed by atoms with van der Waals surface area (Å²) in [5.74, 6) is -0.513. The third-order valence-corrected chi connectivity index (χ3v) is 6.08. The van der Waals surface area contributed by atoms with E-state index in [9.17, 15) is 18.0 Å². The van der Waals surface area contributed by atoms with Crippen molar-refractivity contribution in [2.45, 2.75) is 17.4 Å². The number of nitrogens with zero attached hydrogens (tertiary/aromatic N) is 1. The highest BCUT2D eigenvalue weighted by Crippen LogP contribution is 2.11. The maximum Gasteiger partial charge on any atom is 0.324 e. The number of rotatable bonds is 9. The van der Waals surface area contributed by atoms with Crippen LogP contribution in [-0.2, 0) is 29.1 Å². The number of carbonyl (C=O) groups excluding carboxylic acids is 2. The summed E-state index contributed by atoms with van der Waals surface area (Å²) in [5.41, 5.74) is 0. The Labute approximate surface area is 163 Å². The van der Waals surface area contributed by atoms with Gasteiger partial charge in [0, 0.05) is 13.1 Å². The summed E-state index contributed by atoms with van der Waals surface area (Å²) in [6.45, 7) is 1.39. The van der Waals surface area contributed by atoms with Gasteiger partial charge in [-0.05, 0) is 30.6 Å². The fourth-order valence-electron chi connectivity index (χ4n) is 2.45. The van der Waals surface area contributed by atoms with Gasteiger partial charge < -0.3 is 14.4 Å². The van der Waals surface area contributed by atoms with Crippen LogP contribution in [-0.4, -0.2) is 76.2 Å². The second-order valence-corrected chi connectivity index (χ2v) is 8.57. The van der Waals surface area contributed by atoms with Crippen molar-refractivity contribution in [1.82, 2.24) is 9.62 Å². The van der Waals surface area contributed by atoms with Gasteiger partial charge in [0.25, 0.3) is 5.91 Å². The van der Waals surface area contributed by atoms with Gasteiger partial charge in [-0.1, -0.05) is 18.2 Å². The fourth-order valence-corrected chi connectivity index (χ4v) is 4.16. The van der Waals surface area contributed by atoms with Gasteiger partial charge >= 0.3 is 5.97 Å². The minimum absolute atomic E-state index is 0.0661. The molecule has 0 bridgehead atoms. The van der Waals surface area contributed by atoms with E-state index >= 15 is 0 Å². The number of morpholine rings is 1. The summed E-state index contributed by atoms with van der Waals surface area (Å²) in [6, 6.07) is 6.74. The van der Waals surface area contributed by atoms with E-state index in [-0.39, 0.29) is 17.2 Å². The van der Waals surface area contributed by atoms with E-state index in [1.54, 1.807) is 23.1 Å². The smallest absolute Gasteiger partial charge is 0.324 e. The molecule has 27 heavy (non-hydrogen) atoms. The van der Waals surface area contributed by atoms with Gasteiger partial charge in [0.1, 0.15) is 6.04 Å². The lowest BCUT2D eigenvalue weighted by Gasteiger charge is -2.26. The highest BCUT2D eigenvalue weighted by atomic mass is 32.2. The largest absolute Gasteiger partial charge is 0.454 e. The molecule has 1 aromatic rings. The highest BCUT2D eigenvalue weighted by molar-refractivity contribution is 7.98. The van der Waals surface area contributed by atoms with E-state index in [0.717, 1.165) is 0 Å². The van der Waals surface area contributed by atoms with Gasteiger partial charge in [-0.3, -0.25) is 9.59 Å². The molecule has 1 aliphatic rings. The number of benzene rings is 1. The molecule has 0 aliphatic carbocycles. The Hall–Kier alpha value is -1.62. The molecule has 1 fully saturated rings. The SMILES string of the molecule is CSCC[C@H](NS(=O)(=O)c1ccccc1)C(=O)OCC(=O)N1CCOCC1. The van der Waals surface area contributed by atoms with Crippen LogP contribution in [0.25, 0.3) is 0 Å². The maximum atomic E-state index is 12.5. The number of esters is 1. The van der Waals surface area contributed by atoms with Crippen molar-refractivity contribution in [2.75, 3.05) is 44.9 Å². The van der Waals surface area contributed by atoms with Crippen LogP contribution < -0.4 is 4.72 Å². The molecule has 1 amide bonds. The summed E-state index contributed by atoms with van der Waals surface area (Å²) in [7, 11) is -3.87. The monoisotopic (exact) mass is 416 g/mol. The average Bonchev–Trinajstić information content (AvgIpc) is 2.70. The molecule has 8 nitrogen and oxygen atoms in total. The standard InChI is InChI=1S/C17H24N2O6S2/c1-26-12-7-15(18-27(22,23)14-5-3-2-4-6-14)17(21)25-13-16(20)19-8-10-24-11-9-19/h2-6,15,18H,7-13H2,1H3/t15-/m0/s1. The Balaban J connectivity index is 1.97. The lowest BCUT2D eigenvalue weighted by Crippen LogP contribution is -2.45. The molecule has 0 saturated carbocycles. The summed E-state index contributed by atoms with van der Waals surface area (Å²) >= 11 is 1.48. The summed E-state index contributed by atoms with van der Waals surface area (Å²) < 4.78 is 37.6. The number of amides is 1. The number of nitrogens with one attached hydrogen (secondary N) is 1. The van der Waals surface area contributed by atoms with Gasteiger partial charge in [-0.15, -0.1) is 0 Å². The van der Waals surface area contributed by atoms with E-state index in [1.807, 2.05) is 6.26 Å². The predicted molar refractivity (Wildman–Crippen MR) is 102 cm³/mol. The van der Waals surface area contributed by atoms with Crippen molar-refractivity contribution < 1.29 is 27.5 Å². The van der Waals surface area contributed by atoms with E-state index in [0.29, 0.717) is 32.1 Å². The molecular formula is C17H24N2O6S2. The first-order valence-corrected chi connectivity index (χ1v) is 11.4. The number of ether oxygens (including phenoxy) is 2. The van der Waals surface area contributed by atoms with Crippen molar-refractivity contribution in [3.05, 3.63) is 30.3 Å². The predicted octanol–water partition coefficient (Wildman–Crippen LogP) is 0.489. The summed E-state index contributed by atoms with van der Waals surface area (Å²) in [5, 5.41) is 0. The zero-order valence-corrected chi connectivity index (χ0v) is 16.8. The first-order valence-electron chi connectivity index (χ1n) is 8.52. The van der Waals surface area contributed by atoms with Gasteiger partial charge in [-0.25, -0.2) is 8.42 Å². The molecular weight excluding hydrogens is 392 g/mol. The molecule has 1 N–H and O–H groups in total. The molecule has 1 saturated heterocycles. The van der Waals surface area contributed by atoms with Gasteiger partial charge in [0.2, 0.25) is 10.0 Å². The molecule has 0 radical (unpaired) electrons. The van der Waals surface area contributed by atoms with Crippen LogP contribution in [0.4, 0.5) is 0 Å². The Morgan fingerprint density at radius 1 is 1.26 bits per heavy atom. The summed E-state index contributed by atoms with van der Waals surface area (Å²) in [4.78, 5) is 26.1. The number of carbonyl (C=O) groups is 2. The lowest BCUT2D eigenvalue weighted by atomic mass is 10.2. The van der Waals surface area contributed by atoms with Crippen LogP contribution in [0.1, 0.15) is 6.42 Å². The second-order valence-electron chi connectivity index (χ2n) is 5.87. The van der Waals surface area contributed by atoms with Crippen molar-refractivity contribution in [3.63, 3.8) is 0 Å². The number of sulfonamides is 1. The van der Waals surface area contributed by atoms with Crippen LogP contribution in [0, 0.1) is 0 Å². The maximum absolute atomic E-state index is 12.5. The van der Waals surface area contributed by atoms with Crippen molar-refractivity contribution in [3.8, 4) is 0 Å². The topological polar surface area (TPSA) is 102 Å². The van der Waals surface area contributed by atoms with Crippen molar-refractivity contribution in [1.29, 1.82) is 0 Å². The molecule has 1 heterocycles. The minimum Gasteiger partial charge on any atom is -0.454 e. The van der Waals surface area contributed by atoms with Gasteiger partial charge in [0.05, 0.1) is 18.1 Å². The second kappa shape index (κ2) is 10.6. The van der Waals surface area contributed by atoms with Crippen LogP contribution in [0.2, 0.25) is 0 Å². The molecule has 10 heteroatoms. The van der Waals surface area contributed by atoms with Crippen LogP contribution in [0.3, 0.4) is 0 Å². The fraction of sp³-hybridized carbons (Fsp3) is 0.529. The normalized spacial score (nSPS) is 16.0. The first-order chi connectivity index (χ1) is 12.9. The third-order valence-electron chi connectivity index (χ3n) is 3.95. The zero-order valence-electron chi connectivity index (χ0n) is 15.1. The van der Waals surface area contributed by atoms with E-state index in [4.69, 9.17) is 9.47 Å². The molecule has 1 aromatic carbocycles. The minimum atomic E-state index is -3.87. The first kappa shape index (κ1) is 21.7. The van der Waals surface area contributed by atoms with Crippen LogP contribution >= 0.6 is 11.8 Å². The molecule has 0 spiro atoms. The summed E-state index contributed by atoms with van der Waals surface area (Å²) in [6.07, 6.45) is 2.12. The van der Waals surface area contributed by atoms with E-state index in [2.05, 4.69) is 4.72 Å². The van der Waals surface area contributed by atoms with Crippen LogP contribution in [0.15, 0.2) is 35.2 Å². The number of hydrogen-bond acceptors (Lipinski definition) is 7. The quantitative estimate of drug-likeness (QED) is 0.585. The zero-order chi connectivity index (χ0) is 19.7. The van der Waals surface area contributed by atoms with Crippen LogP contribution in [0.5, 0.6) is 0 Å². The highest BCUT2D eigenvalue weighted by Gasteiger charge is 2.28. The Bertz CT molecular complexity index is 720. The van der Waals surface area contributed by atoms with Gasteiger partial charge in [0.15, 0.2) is 6.61 Å².